The third kappa shape index (κ3) is 4.43. The van der Waals surface area contributed by atoms with Gasteiger partial charge in [-0.05, 0) is 107 Å². The lowest BCUT2D eigenvalue weighted by Crippen LogP contribution is -1.98. The van der Waals surface area contributed by atoms with Gasteiger partial charge in [-0.15, -0.1) is 0 Å². The summed E-state index contributed by atoms with van der Waals surface area (Å²) in [4.78, 5) is 9.39. The van der Waals surface area contributed by atoms with Gasteiger partial charge in [-0.2, -0.15) is 0 Å². The van der Waals surface area contributed by atoms with Crippen LogP contribution in [0.2, 0.25) is 0 Å². The zero-order chi connectivity index (χ0) is 33.0. The van der Waals surface area contributed by atoms with Gasteiger partial charge in [0.25, 0.3) is 0 Å². The molecule has 7 aromatic carbocycles. The average Bonchev–Trinajstić information content (AvgIpc) is 3.19. The molecule has 2 nitrogen and oxygen atoms in total. The summed E-state index contributed by atoms with van der Waals surface area (Å²) in [6.07, 6.45) is 3.81. The molecule has 0 saturated heterocycles. The highest BCUT2D eigenvalue weighted by Gasteiger charge is 2.23. The Morgan fingerprint density at radius 1 is 0.280 bits per heavy atom. The van der Waals surface area contributed by atoms with Gasteiger partial charge in [-0.25, -0.2) is 0 Å². The van der Waals surface area contributed by atoms with Gasteiger partial charge in [0.15, 0.2) is 0 Å². The summed E-state index contributed by atoms with van der Waals surface area (Å²) in [5, 5.41) is 4.86. The highest BCUT2D eigenvalue weighted by atomic mass is 14.8. The maximum absolute atomic E-state index is 4.88. The van der Waals surface area contributed by atoms with Gasteiger partial charge in [0.1, 0.15) is 0 Å². The zero-order valence-electron chi connectivity index (χ0n) is 27.2. The molecule has 9 aromatic rings. The van der Waals surface area contributed by atoms with E-state index in [0.717, 1.165) is 17.0 Å². The number of aromatic nitrogens is 2. The van der Waals surface area contributed by atoms with Crippen LogP contribution in [0.4, 0.5) is 0 Å². The summed E-state index contributed by atoms with van der Waals surface area (Å²) in [6, 6.07) is 61.5. The van der Waals surface area contributed by atoms with E-state index < -0.39 is 0 Å². The topological polar surface area (TPSA) is 25.8 Å². The third-order valence-electron chi connectivity index (χ3n) is 10.2. The molecule has 0 spiro atoms. The molecular formula is C48H30N2. The Morgan fingerprint density at radius 3 is 1.14 bits per heavy atom. The molecule has 50 heavy (non-hydrogen) atoms. The molecule has 0 aliphatic heterocycles. The third-order valence-corrected chi connectivity index (χ3v) is 10.2. The van der Waals surface area contributed by atoms with E-state index in [2.05, 4.69) is 157 Å². The van der Waals surface area contributed by atoms with Crippen LogP contribution in [0, 0.1) is 0 Å². The second-order valence-electron chi connectivity index (χ2n) is 12.9. The molecule has 2 heteroatoms. The number of benzene rings is 7. The number of fused-ring (bicyclic) bond motifs is 10. The number of hydrogen-bond donors (Lipinski definition) is 0. The van der Waals surface area contributed by atoms with E-state index >= 15 is 0 Å². The van der Waals surface area contributed by atoms with Crippen molar-refractivity contribution in [1.82, 2.24) is 9.97 Å². The summed E-state index contributed by atoms with van der Waals surface area (Å²) in [6.45, 7) is 0. The molecule has 0 saturated carbocycles. The zero-order valence-corrected chi connectivity index (χ0v) is 27.2. The van der Waals surface area contributed by atoms with E-state index in [0.29, 0.717) is 0 Å². The molecule has 0 unspecified atom stereocenters. The van der Waals surface area contributed by atoms with Gasteiger partial charge in [-0.1, -0.05) is 146 Å². The van der Waals surface area contributed by atoms with Gasteiger partial charge in [0.05, 0.1) is 11.4 Å². The van der Waals surface area contributed by atoms with Gasteiger partial charge in [-0.3, -0.25) is 9.97 Å². The van der Waals surface area contributed by atoms with Crippen LogP contribution in [0.5, 0.6) is 0 Å². The lowest BCUT2D eigenvalue weighted by atomic mass is 9.79. The first-order chi connectivity index (χ1) is 24.8. The Labute approximate surface area is 291 Å². The Hall–Kier alpha value is -6.64. The normalized spacial score (nSPS) is 11.6. The fraction of sp³-hybridized carbons (Fsp3) is 0. The van der Waals surface area contributed by atoms with Crippen LogP contribution in [-0.2, 0) is 0 Å². The van der Waals surface area contributed by atoms with Crippen LogP contribution < -0.4 is 0 Å². The van der Waals surface area contributed by atoms with Crippen molar-refractivity contribution in [3.8, 4) is 78.1 Å². The maximum atomic E-state index is 4.88. The largest absolute Gasteiger partial charge is 0.255 e. The number of nitrogens with zero attached hydrogens (tertiary/aromatic N) is 2. The van der Waals surface area contributed by atoms with Crippen molar-refractivity contribution < 1.29 is 0 Å². The summed E-state index contributed by atoms with van der Waals surface area (Å²) >= 11 is 0. The molecule has 2 aromatic heterocycles. The lowest BCUT2D eigenvalue weighted by Gasteiger charge is -2.24. The molecule has 0 atom stereocenters. The van der Waals surface area contributed by atoms with Gasteiger partial charge < -0.3 is 0 Å². The van der Waals surface area contributed by atoms with Gasteiger partial charge in [0.2, 0.25) is 0 Å². The fourth-order valence-corrected chi connectivity index (χ4v) is 7.97. The van der Waals surface area contributed by atoms with Crippen molar-refractivity contribution in [1.29, 1.82) is 0 Å². The Kier molecular flexibility index (Phi) is 6.53. The molecule has 0 radical (unpaired) electrons. The molecule has 2 heterocycles. The van der Waals surface area contributed by atoms with Crippen molar-refractivity contribution >= 4 is 21.5 Å². The van der Waals surface area contributed by atoms with Crippen LogP contribution >= 0.6 is 0 Å². The van der Waals surface area contributed by atoms with Crippen LogP contribution in [0.3, 0.4) is 0 Å². The van der Waals surface area contributed by atoms with Crippen LogP contribution in [0.15, 0.2) is 182 Å². The smallest absolute Gasteiger partial charge is 0.0886 e. The van der Waals surface area contributed by atoms with E-state index in [1.54, 1.807) is 0 Å². The SMILES string of the molecule is c1ccc(-c2ccc(-c3c4ccccc4c(-c4ccc5c(c4)-c4ccccc4-c4ccccc4-c4ccccc4-5)c4ccccc34)cn2)nc1. The van der Waals surface area contributed by atoms with E-state index in [4.69, 9.17) is 4.98 Å². The standard InChI is InChI=1S/C48H30N2/c1-2-14-34-33(13-1)35-15-3-4-17-37(35)39-26-24-31(29-44(39)38-18-6-5-16-36(34)38)47-40-19-7-9-21-42(40)48(43-22-10-8-20-41(43)47)32-25-27-46(50-30-32)45-23-11-12-28-49-45/h1-30H. The highest BCUT2D eigenvalue weighted by molar-refractivity contribution is 6.21. The van der Waals surface area contributed by atoms with Crippen molar-refractivity contribution in [3.63, 3.8) is 0 Å². The molecule has 10 rings (SSSR count). The van der Waals surface area contributed by atoms with Gasteiger partial charge in [0, 0.05) is 18.0 Å². The minimum absolute atomic E-state index is 0.866. The monoisotopic (exact) mass is 634 g/mol. The predicted octanol–water partition coefficient (Wildman–Crippen LogP) is 12.8. The van der Waals surface area contributed by atoms with E-state index in [-0.39, 0.29) is 0 Å². The Morgan fingerprint density at radius 2 is 0.680 bits per heavy atom. The summed E-state index contributed by atoms with van der Waals surface area (Å²) in [7, 11) is 0. The highest BCUT2D eigenvalue weighted by Crippen LogP contribution is 2.50. The lowest BCUT2D eigenvalue weighted by molar-refractivity contribution is 1.25. The molecule has 0 bridgehead atoms. The van der Waals surface area contributed by atoms with Crippen molar-refractivity contribution in [2.75, 3.05) is 0 Å². The van der Waals surface area contributed by atoms with E-state index in [1.165, 1.54) is 82.7 Å². The first-order valence-corrected chi connectivity index (χ1v) is 17.1. The predicted molar refractivity (Wildman–Crippen MR) is 209 cm³/mol. The second kappa shape index (κ2) is 11.5. The second-order valence-corrected chi connectivity index (χ2v) is 12.9. The Balaban J connectivity index is 1.23. The van der Waals surface area contributed by atoms with Crippen molar-refractivity contribution in [3.05, 3.63) is 182 Å². The van der Waals surface area contributed by atoms with Crippen molar-refractivity contribution in [2.24, 2.45) is 0 Å². The van der Waals surface area contributed by atoms with Crippen LogP contribution in [0.25, 0.3) is 99.7 Å². The van der Waals surface area contributed by atoms with Crippen LogP contribution in [-0.4, -0.2) is 9.97 Å². The molecule has 1 aliphatic carbocycles. The summed E-state index contributed by atoms with van der Waals surface area (Å²) in [5.74, 6) is 0. The fourth-order valence-electron chi connectivity index (χ4n) is 7.97. The molecule has 0 N–H and O–H groups in total. The number of pyridine rings is 2. The number of rotatable bonds is 3. The maximum Gasteiger partial charge on any atom is 0.0886 e. The molecule has 0 fully saturated rings. The average molecular weight is 635 g/mol. The molecule has 1 aliphatic rings. The Bertz CT molecular complexity index is 2680. The van der Waals surface area contributed by atoms with E-state index in [9.17, 15) is 0 Å². The van der Waals surface area contributed by atoms with E-state index in [1.807, 2.05) is 30.6 Å². The molecule has 0 amide bonds. The first kappa shape index (κ1) is 28.4. The number of hydrogen-bond acceptors (Lipinski definition) is 2. The summed E-state index contributed by atoms with van der Waals surface area (Å²) in [5.41, 5.74) is 16.5. The first-order valence-electron chi connectivity index (χ1n) is 17.1. The quantitative estimate of drug-likeness (QED) is 0.181. The van der Waals surface area contributed by atoms with Crippen LogP contribution in [0.1, 0.15) is 0 Å². The van der Waals surface area contributed by atoms with Gasteiger partial charge >= 0.3 is 0 Å². The minimum Gasteiger partial charge on any atom is -0.255 e. The molecule has 232 valence electrons. The van der Waals surface area contributed by atoms with Crippen molar-refractivity contribution in [2.45, 2.75) is 0 Å². The summed E-state index contributed by atoms with van der Waals surface area (Å²) < 4.78 is 0. The minimum atomic E-state index is 0.866. The molecular weight excluding hydrogens is 605 g/mol.